The molecule has 1 aromatic rings. The molecule has 0 saturated carbocycles. The van der Waals surface area contributed by atoms with E-state index >= 15 is 0 Å². The van der Waals surface area contributed by atoms with Crippen molar-refractivity contribution in [3.63, 3.8) is 0 Å². The number of hydrogen-bond acceptors (Lipinski definition) is 4. The van der Waals surface area contributed by atoms with E-state index in [0.717, 1.165) is 0 Å². The van der Waals surface area contributed by atoms with Crippen LogP contribution in [0.25, 0.3) is 0 Å². The van der Waals surface area contributed by atoms with Gasteiger partial charge in [-0.1, -0.05) is 29.3 Å². The number of esters is 1. The zero-order chi connectivity index (χ0) is 15.3. The third-order valence-electron chi connectivity index (χ3n) is 2.31. The molecule has 108 valence electrons. The minimum Gasteiger partial charge on any atom is -0.452 e. The first kappa shape index (κ1) is 16.3. The average molecular weight is 319 g/mol. The summed E-state index contributed by atoms with van der Waals surface area (Å²) in [5.41, 5.74) is 5.18. The van der Waals surface area contributed by atoms with Crippen LogP contribution in [0.5, 0.6) is 0 Å². The fraction of sp³-hybridized carbons (Fsp3) is 0.250. The lowest BCUT2D eigenvalue weighted by Gasteiger charge is -2.12. The number of amides is 3. The second-order valence-corrected chi connectivity index (χ2v) is 4.68. The van der Waals surface area contributed by atoms with Crippen LogP contribution >= 0.6 is 23.2 Å². The second kappa shape index (κ2) is 7.12. The van der Waals surface area contributed by atoms with Gasteiger partial charge in [0.05, 0.1) is 6.42 Å². The van der Waals surface area contributed by atoms with Crippen LogP contribution in [-0.2, 0) is 20.7 Å². The molecule has 0 aliphatic carbocycles. The zero-order valence-electron chi connectivity index (χ0n) is 10.5. The fourth-order valence-electron chi connectivity index (χ4n) is 1.36. The van der Waals surface area contributed by atoms with Crippen molar-refractivity contribution in [2.24, 2.45) is 5.73 Å². The van der Waals surface area contributed by atoms with E-state index in [9.17, 15) is 14.4 Å². The Labute approximate surface area is 125 Å². The van der Waals surface area contributed by atoms with Crippen molar-refractivity contribution in [1.29, 1.82) is 0 Å². The van der Waals surface area contributed by atoms with Crippen LogP contribution in [0.1, 0.15) is 12.5 Å². The molecule has 0 aliphatic heterocycles. The third kappa shape index (κ3) is 4.71. The molecule has 0 heterocycles. The zero-order valence-corrected chi connectivity index (χ0v) is 12.0. The number of nitrogens with two attached hydrogens (primary N) is 1. The summed E-state index contributed by atoms with van der Waals surface area (Å²) < 4.78 is 4.85. The molecule has 0 bridgehead atoms. The molecule has 8 heteroatoms. The minimum atomic E-state index is -1.16. The summed E-state index contributed by atoms with van der Waals surface area (Å²) in [6.45, 7) is 1.31. The first-order valence-corrected chi connectivity index (χ1v) is 6.29. The van der Waals surface area contributed by atoms with Gasteiger partial charge >= 0.3 is 12.0 Å². The summed E-state index contributed by atoms with van der Waals surface area (Å²) in [4.78, 5) is 33.5. The molecule has 3 N–H and O–H groups in total. The Hall–Kier alpha value is -1.79. The predicted molar refractivity (Wildman–Crippen MR) is 73.4 cm³/mol. The van der Waals surface area contributed by atoms with Crippen LogP contribution in [0.3, 0.4) is 0 Å². The maximum absolute atomic E-state index is 11.7. The van der Waals surface area contributed by atoms with Crippen molar-refractivity contribution in [2.75, 3.05) is 0 Å². The standard InChI is InChI=1S/C12H12Cl2N2O4/c1-6(11(18)16-12(15)19)20-10(17)5-7-8(13)3-2-4-9(7)14/h2-4,6H,5H2,1H3,(H3,15,16,18,19)/t6-/m1/s1. The highest BCUT2D eigenvalue weighted by molar-refractivity contribution is 6.36. The van der Waals surface area contributed by atoms with Crippen LogP contribution in [-0.4, -0.2) is 24.0 Å². The molecular weight excluding hydrogens is 307 g/mol. The first-order chi connectivity index (χ1) is 9.31. The molecule has 20 heavy (non-hydrogen) atoms. The van der Waals surface area contributed by atoms with E-state index in [1.165, 1.54) is 6.92 Å². The summed E-state index contributed by atoms with van der Waals surface area (Å²) in [6.07, 6.45) is -1.34. The highest BCUT2D eigenvalue weighted by Crippen LogP contribution is 2.24. The molecule has 0 unspecified atom stereocenters. The van der Waals surface area contributed by atoms with E-state index in [1.807, 2.05) is 0 Å². The number of primary amides is 1. The van der Waals surface area contributed by atoms with Crippen LogP contribution in [0.4, 0.5) is 4.79 Å². The van der Waals surface area contributed by atoms with E-state index in [0.29, 0.717) is 15.6 Å². The van der Waals surface area contributed by atoms with Gasteiger partial charge in [-0.05, 0) is 19.1 Å². The molecule has 0 aromatic heterocycles. The Kier molecular flexibility index (Phi) is 5.79. The number of imide groups is 1. The van der Waals surface area contributed by atoms with Gasteiger partial charge in [0.25, 0.3) is 5.91 Å². The molecule has 3 amide bonds. The Balaban J connectivity index is 2.64. The van der Waals surface area contributed by atoms with Gasteiger partial charge in [-0.3, -0.25) is 14.9 Å². The van der Waals surface area contributed by atoms with Gasteiger partial charge in [-0.15, -0.1) is 0 Å². The quantitative estimate of drug-likeness (QED) is 0.825. The lowest BCUT2D eigenvalue weighted by atomic mass is 10.1. The van der Waals surface area contributed by atoms with Crippen molar-refractivity contribution < 1.29 is 19.1 Å². The van der Waals surface area contributed by atoms with Crippen molar-refractivity contribution in [1.82, 2.24) is 5.32 Å². The number of rotatable bonds is 4. The molecular formula is C12H12Cl2N2O4. The molecule has 0 fully saturated rings. The average Bonchev–Trinajstić information content (AvgIpc) is 2.33. The van der Waals surface area contributed by atoms with Crippen molar-refractivity contribution in [3.8, 4) is 0 Å². The second-order valence-electron chi connectivity index (χ2n) is 3.86. The van der Waals surface area contributed by atoms with Gasteiger partial charge in [0.2, 0.25) is 0 Å². The Bertz CT molecular complexity index is 528. The number of nitrogens with one attached hydrogen (secondary N) is 1. The molecule has 0 spiro atoms. The smallest absolute Gasteiger partial charge is 0.318 e. The first-order valence-electron chi connectivity index (χ1n) is 5.54. The van der Waals surface area contributed by atoms with Gasteiger partial charge in [0.1, 0.15) is 0 Å². The lowest BCUT2D eigenvalue weighted by Crippen LogP contribution is -2.42. The highest BCUT2D eigenvalue weighted by atomic mass is 35.5. The molecule has 1 rings (SSSR count). The summed E-state index contributed by atoms with van der Waals surface area (Å²) in [5, 5.41) is 2.45. The number of hydrogen-bond donors (Lipinski definition) is 2. The lowest BCUT2D eigenvalue weighted by molar-refractivity contribution is -0.153. The maximum Gasteiger partial charge on any atom is 0.318 e. The monoisotopic (exact) mass is 318 g/mol. The highest BCUT2D eigenvalue weighted by Gasteiger charge is 2.20. The van der Waals surface area contributed by atoms with Gasteiger partial charge in [-0.2, -0.15) is 0 Å². The number of benzene rings is 1. The normalized spacial score (nSPS) is 11.6. The van der Waals surface area contributed by atoms with Gasteiger partial charge in [-0.25, -0.2) is 4.79 Å². The Morgan fingerprint density at radius 2 is 1.85 bits per heavy atom. The predicted octanol–water partition coefficient (Wildman–Crippen LogP) is 1.66. The SMILES string of the molecule is C[C@@H](OC(=O)Cc1c(Cl)cccc1Cl)C(=O)NC(N)=O. The molecule has 0 aliphatic rings. The number of carbonyl (C=O) groups excluding carboxylic acids is 3. The summed E-state index contributed by atoms with van der Waals surface area (Å²) in [7, 11) is 0. The summed E-state index contributed by atoms with van der Waals surface area (Å²) in [6, 6.07) is 3.79. The number of urea groups is 1. The van der Waals surface area contributed by atoms with E-state index in [4.69, 9.17) is 33.7 Å². The van der Waals surface area contributed by atoms with Crippen molar-refractivity contribution in [3.05, 3.63) is 33.8 Å². The van der Waals surface area contributed by atoms with Crippen LogP contribution < -0.4 is 11.1 Å². The van der Waals surface area contributed by atoms with Crippen LogP contribution in [0.2, 0.25) is 10.0 Å². The molecule has 1 aromatic carbocycles. The largest absolute Gasteiger partial charge is 0.452 e. The van der Waals surface area contributed by atoms with E-state index in [-0.39, 0.29) is 6.42 Å². The number of carbonyl (C=O) groups is 3. The van der Waals surface area contributed by atoms with E-state index in [2.05, 4.69) is 0 Å². The Morgan fingerprint density at radius 3 is 2.35 bits per heavy atom. The summed E-state index contributed by atoms with van der Waals surface area (Å²) >= 11 is 11.8. The van der Waals surface area contributed by atoms with Gasteiger partial charge in [0.15, 0.2) is 6.10 Å². The van der Waals surface area contributed by atoms with E-state index < -0.39 is 24.0 Å². The molecule has 1 atom stereocenters. The van der Waals surface area contributed by atoms with Gasteiger partial charge < -0.3 is 10.5 Å². The third-order valence-corrected chi connectivity index (χ3v) is 3.01. The fourth-order valence-corrected chi connectivity index (χ4v) is 1.89. The van der Waals surface area contributed by atoms with Crippen molar-refractivity contribution in [2.45, 2.75) is 19.4 Å². The van der Waals surface area contributed by atoms with Crippen LogP contribution in [0, 0.1) is 0 Å². The Morgan fingerprint density at radius 1 is 1.30 bits per heavy atom. The topological polar surface area (TPSA) is 98.5 Å². The maximum atomic E-state index is 11.7. The minimum absolute atomic E-state index is 0.188. The summed E-state index contributed by atoms with van der Waals surface area (Å²) in [5.74, 6) is -1.51. The molecule has 6 nitrogen and oxygen atoms in total. The molecule has 0 radical (unpaired) electrons. The van der Waals surface area contributed by atoms with Crippen molar-refractivity contribution >= 4 is 41.1 Å². The molecule has 0 saturated heterocycles. The number of ether oxygens (including phenoxy) is 1. The number of halogens is 2. The van der Waals surface area contributed by atoms with Crippen LogP contribution in [0.15, 0.2) is 18.2 Å². The van der Waals surface area contributed by atoms with Gasteiger partial charge in [0, 0.05) is 15.6 Å². The van der Waals surface area contributed by atoms with E-state index in [1.54, 1.807) is 23.5 Å².